The summed E-state index contributed by atoms with van der Waals surface area (Å²) in [7, 11) is -3.66. The maximum atomic E-state index is 13.0. The Hall–Kier alpha value is -1.73. The van der Waals surface area contributed by atoms with Gasteiger partial charge in [-0.2, -0.15) is 0 Å². The van der Waals surface area contributed by atoms with Crippen LogP contribution in [0.4, 0.5) is 4.39 Å². The highest BCUT2D eigenvalue weighted by atomic mass is 32.2. The zero-order valence-corrected chi connectivity index (χ0v) is 12.9. The van der Waals surface area contributed by atoms with Crippen molar-refractivity contribution in [3.63, 3.8) is 0 Å². The van der Waals surface area contributed by atoms with Crippen molar-refractivity contribution in [2.24, 2.45) is 0 Å². The van der Waals surface area contributed by atoms with Gasteiger partial charge in [-0.15, -0.1) is 0 Å². The van der Waals surface area contributed by atoms with Gasteiger partial charge in [0.25, 0.3) is 0 Å². The molecule has 1 heterocycles. The van der Waals surface area contributed by atoms with Gasteiger partial charge in [0, 0.05) is 19.9 Å². The molecule has 0 radical (unpaired) electrons. The van der Waals surface area contributed by atoms with Gasteiger partial charge in [-0.1, -0.05) is 0 Å². The first kappa shape index (κ1) is 15.7. The fourth-order valence-corrected chi connectivity index (χ4v) is 3.35. The van der Waals surface area contributed by atoms with Crippen LogP contribution in [0.1, 0.15) is 22.9 Å². The van der Waals surface area contributed by atoms with E-state index in [2.05, 4.69) is 9.71 Å². The van der Waals surface area contributed by atoms with Crippen LogP contribution in [0.2, 0.25) is 0 Å². The van der Waals surface area contributed by atoms with E-state index in [0.29, 0.717) is 23.6 Å². The molecule has 0 amide bonds. The summed E-state index contributed by atoms with van der Waals surface area (Å²) in [4.78, 5) is 4.20. The van der Waals surface area contributed by atoms with Gasteiger partial charge in [0.15, 0.2) is 5.89 Å². The first-order valence-corrected chi connectivity index (χ1v) is 7.96. The molecule has 1 aromatic carbocycles. The van der Waals surface area contributed by atoms with Crippen LogP contribution in [0.3, 0.4) is 0 Å². The molecule has 0 aliphatic carbocycles. The standard InChI is InChI=1S/C14H17FN2O3S/c1-9-8-12(15)4-5-14(9)21(18,19)16-7-6-13-10(2)17-11(3)20-13/h4-5,8,16H,6-7H2,1-3H3. The lowest BCUT2D eigenvalue weighted by Crippen LogP contribution is -2.26. The van der Waals surface area contributed by atoms with Gasteiger partial charge in [-0.05, 0) is 37.6 Å². The number of halogens is 1. The summed E-state index contributed by atoms with van der Waals surface area (Å²) in [6.07, 6.45) is 0.409. The van der Waals surface area contributed by atoms with Crippen molar-refractivity contribution in [1.29, 1.82) is 0 Å². The number of hydrogen-bond acceptors (Lipinski definition) is 4. The molecule has 7 heteroatoms. The lowest BCUT2D eigenvalue weighted by atomic mass is 10.2. The minimum atomic E-state index is -3.66. The molecule has 0 fully saturated rings. The molecule has 0 saturated carbocycles. The SMILES string of the molecule is Cc1nc(C)c(CCNS(=O)(=O)c2ccc(F)cc2C)o1. The second-order valence-corrected chi connectivity index (χ2v) is 6.53. The fourth-order valence-electron chi connectivity index (χ4n) is 2.10. The quantitative estimate of drug-likeness (QED) is 0.919. The van der Waals surface area contributed by atoms with Crippen LogP contribution in [0.5, 0.6) is 0 Å². The highest BCUT2D eigenvalue weighted by Crippen LogP contribution is 2.16. The lowest BCUT2D eigenvalue weighted by molar-refractivity contribution is 0.472. The Morgan fingerprint density at radius 2 is 2.00 bits per heavy atom. The zero-order chi connectivity index (χ0) is 15.6. The maximum Gasteiger partial charge on any atom is 0.240 e. The van der Waals surface area contributed by atoms with E-state index in [1.807, 2.05) is 6.92 Å². The van der Waals surface area contributed by atoms with Crippen LogP contribution < -0.4 is 4.72 Å². The Labute approximate surface area is 123 Å². The van der Waals surface area contributed by atoms with E-state index in [1.54, 1.807) is 13.8 Å². The van der Waals surface area contributed by atoms with Crippen molar-refractivity contribution in [2.75, 3.05) is 6.54 Å². The summed E-state index contributed by atoms with van der Waals surface area (Å²) < 4.78 is 45.2. The van der Waals surface area contributed by atoms with Gasteiger partial charge in [-0.3, -0.25) is 0 Å². The monoisotopic (exact) mass is 312 g/mol. The van der Waals surface area contributed by atoms with E-state index in [9.17, 15) is 12.8 Å². The Kier molecular flexibility index (Phi) is 4.43. The van der Waals surface area contributed by atoms with Gasteiger partial charge in [-0.25, -0.2) is 22.5 Å². The summed E-state index contributed by atoms with van der Waals surface area (Å²) in [6, 6.07) is 3.58. The third-order valence-corrected chi connectivity index (χ3v) is 4.69. The van der Waals surface area contributed by atoms with Crippen molar-refractivity contribution in [3.05, 3.63) is 46.9 Å². The number of rotatable bonds is 5. The molecule has 2 aromatic rings. The Morgan fingerprint density at radius 1 is 1.29 bits per heavy atom. The number of oxazole rings is 1. The molecular formula is C14H17FN2O3S. The molecule has 0 aliphatic heterocycles. The highest BCUT2D eigenvalue weighted by Gasteiger charge is 2.17. The molecule has 0 atom stereocenters. The molecule has 0 spiro atoms. The second-order valence-electron chi connectivity index (χ2n) is 4.80. The molecule has 0 unspecified atom stereocenters. The van der Waals surface area contributed by atoms with Crippen molar-refractivity contribution in [1.82, 2.24) is 9.71 Å². The van der Waals surface area contributed by atoms with E-state index in [4.69, 9.17) is 4.42 Å². The minimum Gasteiger partial charge on any atom is -0.446 e. The minimum absolute atomic E-state index is 0.0781. The number of sulfonamides is 1. The number of nitrogens with zero attached hydrogens (tertiary/aromatic N) is 1. The molecule has 114 valence electrons. The number of hydrogen-bond donors (Lipinski definition) is 1. The lowest BCUT2D eigenvalue weighted by Gasteiger charge is -2.08. The number of benzene rings is 1. The van der Waals surface area contributed by atoms with Crippen molar-refractivity contribution >= 4 is 10.0 Å². The van der Waals surface area contributed by atoms with Gasteiger partial charge >= 0.3 is 0 Å². The molecule has 0 aliphatic rings. The Morgan fingerprint density at radius 3 is 2.57 bits per heavy atom. The number of aryl methyl sites for hydroxylation is 3. The summed E-state index contributed by atoms with van der Waals surface area (Å²) in [6.45, 7) is 5.29. The van der Waals surface area contributed by atoms with Crippen LogP contribution >= 0.6 is 0 Å². The molecule has 1 N–H and O–H groups in total. The van der Waals surface area contributed by atoms with Crippen LogP contribution in [0.25, 0.3) is 0 Å². The van der Waals surface area contributed by atoms with Crippen LogP contribution in [0, 0.1) is 26.6 Å². The topological polar surface area (TPSA) is 72.2 Å². The predicted molar refractivity (Wildman–Crippen MR) is 76.0 cm³/mol. The van der Waals surface area contributed by atoms with Crippen molar-refractivity contribution in [3.8, 4) is 0 Å². The number of aromatic nitrogens is 1. The van der Waals surface area contributed by atoms with E-state index in [0.717, 1.165) is 11.8 Å². The summed E-state index contributed by atoms with van der Waals surface area (Å²) in [5, 5.41) is 0. The molecule has 0 saturated heterocycles. The molecular weight excluding hydrogens is 295 g/mol. The normalized spacial score (nSPS) is 11.8. The zero-order valence-electron chi connectivity index (χ0n) is 12.1. The first-order valence-electron chi connectivity index (χ1n) is 6.48. The second kappa shape index (κ2) is 5.95. The Bertz CT molecular complexity index is 754. The van der Waals surface area contributed by atoms with E-state index in [1.165, 1.54) is 12.1 Å². The average molecular weight is 312 g/mol. The van der Waals surface area contributed by atoms with Crippen molar-refractivity contribution in [2.45, 2.75) is 32.1 Å². The molecule has 5 nitrogen and oxygen atoms in total. The van der Waals surface area contributed by atoms with Gasteiger partial charge in [0.1, 0.15) is 11.6 Å². The van der Waals surface area contributed by atoms with Crippen LogP contribution in [0.15, 0.2) is 27.5 Å². The average Bonchev–Trinajstić information content (AvgIpc) is 2.67. The Balaban J connectivity index is 2.06. The summed E-state index contributed by atoms with van der Waals surface area (Å²) in [5.41, 5.74) is 1.12. The van der Waals surface area contributed by atoms with Gasteiger partial charge in [0.2, 0.25) is 10.0 Å². The summed E-state index contributed by atoms with van der Waals surface area (Å²) in [5.74, 6) is 0.755. The summed E-state index contributed by atoms with van der Waals surface area (Å²) >= 11 is 0. The van der Waals surface area contributed by atoms with E-state index >= 15 is 0 Å². The van der Waals surface area contributed by atoms with Gasteiger partial charge < -0.3 is 4.42 Å². The predicted octanol–water partition coefficient (Wildman–Crippen LogP) is 2.26. The van der Waals surface area contributed by atoms with E-state index in [-0.39, 0.29) is 11.4 Å². The maximum absolute atomic E-state index is 13.0. The molecule has 2 rings (SSSR count). The van der Waals surface area contributed by atoms with Crippen molar-refractivity contribution < 1.29 is 17.2 Å². The fraction of sp³-hybridized carbons (Fsp3) is 0.357. The smallest absolute Gasteiger partial charge is 0.240 e. The molecule has 0 bridgehead atoms. The highest BCUT2D eigenvalue weighted by molar-refractivity contribution is 7.89. The third-order valence-electron chi connectivity index (χ3n) is 3.07. The third kappa shape index (κ3) is 3.68. The number of nitrogens with one attached hydrogen (secondary N) is 1. The van der Waals surface area contributed by atoms with E-state index < -0.39 is 15.8 Å². The van der Waals surface area contributed by atoms with Crippen LogP contribution in [-0.2, 0) is 16.4 Å². The largest absolute Gasteiger partial charge is 0.446 e. The van der Waals surface area contributed by atoms with Gasteiger partial charge in [0.05, 0.1) is 10.6 Å². The molecule has 1 aromatic heterocycles. The van der Waals surface area contributed by atoms with Crippen LogP contribution in [-0.4, -0.2) is 19.9 Å². The first-order chi connectivity index (χ1) is 9.79. The molecule has 21 heavy (non-hydrogen) atoms.